The molecule has 1 aliphatic heterocycles. The van der Waals surface area contributed by atoms with Gasteiger partial charge in [0.15, 0.2) is 11.5 Å². The maximum Gasteiger partial charge on any atom is 0.266 e. The first-order valence-corrected chi connectivity index (χ1v) is 8.14. The van der Waals surface area contributed by atoms with Crippen molar-refractivity contribution in [3.8, 4) is 23.3 Å². The Balaban J connectivity index is 1.80. The fourth-order valence-corrected chi connectivity index (χ4v) is 2.65. The second kappa shape index (κ2) is 7.62. The quantitative estimate of drug-likeness (QED) is 0.659. The molecule has 0 saturated carbocycles. The van der Waals surface area contributed by atoms with Gasteiger partial charge in [0.05, 0.1) is 7.11 Å². The largest absolute Gasteiger partial charge is 0.496 e. The van der Waals surface area contributed by atoms with E-state index < -0.39 is 5.91 Å². The van der Waals surface area contributed by atoms with E-state index in [-0.39, 0.29) is 12.4 Å². The van der Waals surface area contributed by atoms with Crippen LogP contribution in [0.2, 0.25) is 0 Å². The molecule has 0 radical (unpaired) electrons. The number of fused-ring (bicyclic) bond motifs is 1. The van der Waals surface area contributed by atoms with Gasteiger partial charge in [-0.2, -0.15) is 5.26 Å². The van der Waals surface area contributed by atoms with Crippen LogP contribution in [0.5, 0.6) is 17.2 Å². The van der Waals surface area contributed by atoms with E-state index in [1.807, 2.05) is 31.2 Å². The van der Waals surface area contributed by atoms with Crippen LogP contribution >= 0.6 is 0 Å². The van der Waals surface area contributed by atoms with Crippen molar-refractivity contribution in [2.24, 2.45) is 0 Å². The Kier molecular flexibility index (Phi) is 5.09. The van der Waals surface area contributed by atoms with Crippen LogP contribution < -0.4 is 19.5 Å². The molecule has 132 valence electrons. The summed E-state index contributed by atoms with van der Waals surface area (Å²) in [6.45, 7) is 2.18. The number of anilines is 1. The number of rotatable bonds is 5. The van der Waals surface area contributed by atoms with Gasteiger partial charge in [-0.1, -0.05) is 13.0 Å². The highest BCUT2D eigenvalue weighted by Gasteiger charge is 2.15. The van der Waals surface area contributed by atoms with Gasteiger partial charge in [0.2, 0.25) is 6.79 Å². The zero-order valence-electron chi connectivity index (χ0n) is 14.5. The van der Waals surface area contributed by atoms with Gasteiger partial charge in [0, 0.05) is 11.8 Å². The molecule has 1 aliphatic rings. The average Bonchev–Trinajstić information content (AvgIpc) is 3.13. The molecule has 1 amide bonds. The van der Waals surface area contributed by atoms with E-state index in [9.17, 15) is 10.1 Å². The number of methoxy groups -OCH3 is 1. The molecule has 0 aliphatic carbocycles. The lowest BCUT2D eigenvalue weighted by Gasteiger charge is -2.08. The summed E-state index contributed by atoms with van der Waals surface area (Å²) in [5.74, 6) is 1.49. The number of ether oxygens (including phenoxy) is 3. The molecule has 0 spiro atoms. The number of amides is 1. The maximum absolute atomic E-state index is 12.4. The van der Waals surface area contributed by atoms with E-state index in [4.69, 9.17) is 14.2 Å². The number of benzene rings is 2. The van der Waals surface area contributed by atoms with E-state index in [0.29, 0.717) is 17.2 Å². The van der Waals surface area contributed by atoms with E-state index in [1.54, 1.807) is 31.4 Å². The Bertz CT molecular complexity index is 913. The third kappa shape index (κ3) is 3.62. The van der Waals surface area contributed by atoms with Crippen molar-refractivity contribution >= 4 is 17.7 Å². The van der Waals surface area contributed by atoms with Crippen LogP contribution in [0.15, 0.2) is 42.0 Å². The number of carbonyl (C=O) groups excluding carboxylic acids is 1. The summed E-state index contributed by atoms with van der Waals surface area (Å²) in [4.78, 5) is 12.4. The van der Waals surface area contributed by atoms with Crippen LogP contribution in [0.1, 0.15) is 18.1 Å². The standard InChI is InChI=1S/C20H18N2O4/c1-3-14-8-13(4-6-17(14)24-2)9-15(11-21)20(23)22-16-5-7-18-19(10-16)26-12-25-18/h4-10H,3,12H2,1-2H3,(H,22,23)/b15-9+. The summed E-state index contributed by atoms with van der Waals surface area (Å²) < 4.78 is 15.8. The summed E-state index contributed by atoms with van der Waals surface area (Å²) in [5.41, 5.74) is 2.31. The van der Waals surface area contributed by atoms with Crippen LogP contribution in [0, 0.1) is 11.3 Å². The van der Waals surface area contributed by atoms with Gasteiger partial charge in [-0.3, -0.25) is 4.79 Å². The van der Waals surface area contributed by atoms with Crippen molar-refractivity contribution in [1.82, 2.24) is 0 Å². The molecule has 0 aromatic heterocycles. The zero-order chi connectivity index (χ0) is 18.5. The normalized spacial score (nSPS) is 12.4. The Morgan fingerprint density at radius 1 is 1.27 bits per heavy atom. The Morgan fingerprint density at radius 2 is 2.08 bits per heavy atom. The smallest absolute Gasteiger partial charge is 0.266 e. The minimum absolute atomic E-state index is 0.00915. The lowest BCUT2D eigenvalue weighted by Crippen LogP contribution is -2.13. The number of hydrogen-bond acceptors (Lipinski definition) is 5. The van der Waals surface area contributed by atoms with Crippen LogP contribution in [0.4, 0.5) is 5.69 Å². The van der Waals surface area contributed by atoms with Crippen LogP contribution in [0.25, 0.3) is 6.08 Å². The molecule has 6 nitrogen and oxygen atoms in total. The molecular weight excluding hydrogens is 332 g/mol. The minimum Gasteiger partial charge on any atom is -0.496 e. The topological polar surface area (TPSA) is 80.6 Å². The molecule has 0 fully saturated rings. The summed E-state index contributed by atoms with van der Waals surface area (Å²) in [7, 11) is 1.61. The van der Waals surface area contributed by atoms with Crippen molar-refractivity contribution in [2.75, 3.05) is 19.2 Å². The molecule has 26 heavy (non-hydrogen) atoms. The van der Waals surface area contributed by atoms with E-state index in [0.717, 1.165) is 23.3 Å². The van der Waals surface area contributed by atoms with E-state index in [2.05, 4.69) is 5.32 Å². The molecule has 0 bridgehead atoms. The Hall–Kier alpha value is -3.46. The van der Waals surface area contributed by atoms with E-state index in [1.165, 1.54) is 0 Å². The van der Waals surface area contributed by atoms with Crippen molar-refractivity contribution in [3.05, 3.63) is 53.1 Å². The lowest BCUT2D eigenvalue weighted by atomic mass is 10.0. The number of nitriles is 1. The third-order valence-electron chi connectivity index (χ3n) is 3.99. The first kappa shape index (κ1) is 17.4. The molecule has 1 N–H and O–H groups in total. The fraction of sp³-hybridized carbons (Fsp3) is 0.200. The van der Waals surface area contributed by atoms with Crippen LogP contribution in [-0.4, -0.2) is 19.8 Å². The van der Waals surface area contributed by atoms with Gasteiger partial charge in [0.1, 0.15) is 17.4 Å². The molecule has 0 saturated heterocycles. The van der Waals surface area contributed by atoms with Crippen molar-refractivity contribution in [2.45, 2.75) is 13.3 Å². The molecule has 1 heterocycles. The highest BCUT2D eigenvalue weighted by molar-refractivity contribution is 6.09. The van der Waals surface area contributed by atoms with Crippen LogP contribution in [-0.2, 0) is 11.2 Å². The number of aryl methyl sites for hydroxylation is 1. The van der Waals surface area contributed by atoms with Gasteiger partial charge in [-0.05, 0) is 47.9 Å². The summed E-state index contributed by atoms with van der Waals surface area (Å²) >= 11 is 0. The van der Waals surface area contributed by atoms with Gasteiger partial charge in [0.25, 0.3) is 5.91 Å². The average molecular weight is 350 g/mol. The maximum atomic E-state index is 12.4. The van der Waals surface area contributed by atoms with Crippen molar-refractivity contribution in [3.63, 3.8) is 0 Å². The second-order valence-corrected chi connectivity index (χ2v) is 5.62. The van der Waals surface area contributed by atoms with Gasteiger partial charge >= 0.3 is 0 Å². The Morgan fingerprint density at radius 3 is 2.81 bits per heavy atom. The molecule has 2 aromatic rings. The number of hydrogen-bond donors (Lipinski definition) is 1. The third-order valence-corrected chi connectivity index (χ3v) is 3.99. The Labute approximate surface area is 151 Å². The molecule has 6 heteroatoms. The highest BCUT2D eigenvalue weighted by Crippen LogP contribution is 2.34. The monoisotopic (exact) mass is 350 g/mol. The second-order valence-electron chi connectivity index (χ2n) is 5.62. The van der Waals surface area contributed by atoms with E-state index >= 15 is 0 Å². The molecule has 0 unspecified atom stereocenters. The van der Waals surface area contributed by atoms with Crippen LogP contribution in [0.3, 0.4) is 0 Å². The molecular formula is C20H18N2O4. The zero-order valence-corrected chi connectivity index (χ0v) is 14.5. The van der Waals surface area contributed by atoms with Gasteiger partial charge in [-0.25, -0.2) is 0 Å². The number of nitrogens with one attached hydrogen (secondary N) is 1. The first-order chi connectivity index (χ1) is 12.6. The summed E-state index contributed by atoms with van der Waals surface area (Å²) in [6, 6.07) is 12.6. The first-order valence-electron chi connectivity index (χ1n) is 8.14. The molecule has 3 rings (SSSR count). The predicted molar refractivity (Wildman–Crippen MR) is 97.2 cm³/mol. The minimum atomic E-state index is -0.486. The number of nitrogens with zero attached hydrogens (tertiary/aromatic N) is 1. The molecule has 0 atom stereocenters. The predicted octanol–water partition coefficient (Wildman–Crippen LogP) is 3.53. The van der Waals surface area contributed by atoms with Gasteiger partial charge < -0.3 is 19.5 Å². The molecule has 2 aromatic carbocycles. The van der Waals surface area contributed by atoms with Crippen molar-refractivity contribution < 1.29 is 19.0 Å². The summed E-state index contributed by atoms with van der Waals surface area (Å²) in [6.07, 6.45) is 2.34. The van der Waals surface area contributed by atoms with Gasteiger partial charge in [-0.15, -0.1) is 0 Å². The SMILES string of the molecule is CCc1cc(/C=C(\C#N)C(=O)Nc2ccc3c(c2)OCO3)ccc1OC. The lowest BCUT2D eigenvalue weighted by molar-refractivity contribution is -0.112. The summed E-state index contributed by atoms with van der Waals surface area (Å²) in [5, 5.41) is 12.1. The highest BCUT2D eigenvalue weighted by atomic mass is 16.7. The van der Waals surface area contributed by atoms with Crippen molar-refractivity contribution in [1.29, 1.82) is 5.26 Å². The fourth-order valence-electron chi connectivity index (χ4n) is 2.65. The number of carbonyl (C=O) groups is 1.